The maximum Gasteiger partial charge on any atom is 0.305 e. The molecule has 1 atom stereocenters. The van der Waals surface area contributed by atoms with Crippen molar-refractivity contribution >= 4 is 11.9 Å². The predicted molar refractivity (Wildman–Crippen MR) is 102 cm³/mol. The van der Waals surface area contributed by atoms with E-state index in [2.05, 4.69) is 10.4 Å². The second-order valence-corrected chi connectivity index (χ2v) is 6.33. The molecule has 3 rings (SSSR count). The zero-order valence-electron chi connectivity index (χ0n) is 15.7. The Labute approximate surface area is 168 Å². The van der Waals surface area contributed by atoms with Crippen LogP contribution in [0.5, 0.6) is 5.75 Å². The third kappa shape index (κ3) is 4.54. The van der Waals surface area contributed by atoms with Crippen molar-refractivity contribution in [3.63, 3.8) is 0 Å². The lowest BCUT2D eigenvalue weighted by Crippen LogP contribution is -2.31. The van der Waals surface area contributed by atoms with E-state index >= 15 is 0 Å². The van der Waals surface area contributed by atoms with Gasteiger partial charge in [-0.2, -0.15) is 0 Å². The van der Waals surface area contributed by atoms with Gasteiger partial charge in [0.05, 0.1) is 25.3 Å². The van der Waals surface area contributed by atoms with Crippen LogP contribution in [0.1, 0.15) is 28.5 Å². The summed E-state index contributed by atoms with van der Waals surface area (Å²) in [7, 11) is 1.33. The number of amides is 1. The topological polar surface area (TPSA) is 113 Å². The summed E-state index contributed by atoms with van der Waals surface area (Å²) in [6.45, 7) is 0. The molecule has 3 aromatic rings. The molecule has 30 heavy (non-hydrogen) atoms. The highest BCUT2D eigenvalue weighted by atomic mass is 19.1. The Hall–Kier alpha value is -3.95. The van der Waals surface area contributed by atoms with Gasteiger partial charge in [0.2, 0.25) is 0 Å². The number of carbonyl (C=O) groups is 2. The fourth-order valence-electron chi connectivity index (χ4n) is 2.92. The molecule has 2 aromatic carbocycles. The van der Waals surface area contributed by atoms with Gasteiger partial charge in [0, 0.05) is 11.6 Å². The van der Waals surface area contributed by atoms with Crippen molar-refractivity contribution in [2.75, 3.05) is 7.11 Å². The van der Waals surface area contributed by atoms with Gasteiger partial charge in [-0.1, -0.05) is 0 Å². The number of ether oxygens (including phenoxy) is 1. The van der Waals surface area contributed by atoms with Gasteiger partial charge < -0.3 is 15.2 Å². The number of halogens is 2. The molecule has 0 aliphatic carbocycles. The maximum atomic E-state index is 13.7. The number of methoxy groups -OCH3 is 1. The Balaban J connectivity index is 1.91. The van der Waals surface area contributed by atoms with E-state index in [1.807, 2.05) is 0 Å². The molecule has 1 aromatic heterocycles. The van der Waals surface area contributed by atoms with E-state index < -0.39 is 41.5 Å². The summed E-state index contributed by atoms with van der Waals surface area (Å²) < 4.78 is 33.0. The van der Waals surface area contributed by atoms with Crippen molar-refractivity contribution in [3.05, 3.63) is 81.8 Å². The Morgan fingerprint density at radius 2 is 1.80 bits per heavy atom. The summed E-state index contributed by atoms with van der Waals surface area (Å²) in [4.78, 5) is 36.1. The second-order valence-electron chi connectivity index (χ2n) is 6.33. The number of carbonyl (C=O) groups excluding carboxylic acids is 1. The summed E-state index contributed by atoms with van der Waals surface area (Å²) in [5.41, 5.74) is -0.303. The first-order valence-corrected chi connectivity index (χ1v) is 8.72. The number of hydrogen-bond donors (Lipinski definition) is 3. The molecule has 0 aliphatic rings. The van der Waals surface area contributed by atoms with Crippen molar-refractivity contribution < 1.29 is 28.2 Å². The standard InChI is InChI=1S/C20H17F2N3O5/c1-30-17-7-4-12(22)8-14(17)15(10-19(27)28)23-20(29)16-9-18(26)25(24-16)13-5-2-11(21)3-6-13/h2-9,15,24H,10H2,1H3,(H,23,29)(H,27,28). The van der Waals surface area contributed by atoms with Gasteiger partial charge in [0.25, 0.3) is 11.5 Å². The van der Waals surface area contributed by atoms with Crippen molar-refractivity contribution in [3.8, 4) is 11.4 Å². The normalized spacial score (nSPS) is 11.7. The van der Waals surface area contributed by atoms with Crippen molar-refractivity contribution in [1.82, 2.24) is 15.1 Å². The first-order valence-electron chi connectivity index (χ1n) is 8.72. The van der Waals surface area contributed by atoms with Gasteiger partial charge in [-0.25, -0.2) is 13.5 Å². The van der Waals surface area contributed by atoms with Gasteiger partial charge >= 0.3 is 5.97 Å². The highest BCUT2D eigenvalue weighted by molar-refractivity contribution is 5.92. The smallest absolute Gasteiger partial charge is 0.305 e. The molecule has 10 heteroatoms. The van der Waals surface area contributed by atoms with E-state index in [0.29, 0.717) is 5.69 Å². The van der Waals surface area contributed by atoms with E-state index in [9.17, 15) is 28.3 Å². The average Bonchev–Trinajstić information content (AvgIpc) is 3.09. The van der Waals surface area contributed by atoms with E-state index in [-0.39, 0.29) is 17.0 Å². The number of nitrogens with one attached hydrogen (secondary N) is 2. The van der Waals surface area contributed by atoms with E-state index in [1.54, 1.807) is 0 Å². The minimum absolute atomic E-state index is 0.133. The second kappa shape index (κ2) is 8.60. The highest BCUT2D eigenvalue weighted by Gasteiger charge is 2.24. The molecule has 0 radical (unpaired) electrons. The van der Waals surface area contributed by atoms with Gasteiger partial charge in [-0.05, 0) is 42.5 Å². The summed E-state index contributed by atoms with van der Waals surface area (Å²) in [6, 6.07) is 8.42. The lowest BCUT2D eigenvalue weighted by atomic mass is 10.0. The Morgan fingerprint density at radius 1 is 1.13 bits per heavy atom. The number of hydrogen-bond acceptors (Lipinski definition) is 4. The van der Waals surface area contributed by atoms with Crippen LogP contribution < -0.4 is 15.6 Å². The zero-order valence-corrected chi connectivity index (χ0v) is 15.7. The van der Waals surface area contributed by atoms with Gasteiger partial charge in [0.1, 0.15) is 23.1 Å². The SMILES string of the molecule is COc1ccc(F)cc1C(CC(=O)O)NC(=O)c1cc(=O)n(-c2ccc(F)cc2)[nH]1. The van der Waals surface area contributed by atoms with E-state index in [1.165, 1.54) is 25.3 Å². The van der Waals surface area contributed by atoms with Crippen molar-refractivity contribution in [1.29, 1.82) is 0 Å². The van der Waals surface area contributed by atoms with Gasteiger partial charge in [0.15, 0.2) is 0 Å². The third-order valence-corrected chi connectivity index (χ3v) is 4.30. The number of aliphatic carboxylic acids is 1. The Morgan fingerprint density at radius 3 is 2.43 bits per heavy atom. The molecule has 0 saturated heterocycles. The fourth-order valence-corrected chi connectivity index (χ4v) is 2.92. The minimum Gasteiger partial charge on any atom is -0.496 e. The molecule has 0 aliphatic heterocycles. The third-order valence-electron chi connectivity index (χ3n) is 4.30. The van der Waals surface area contributed by atoms with E-state index in [0.717, 1.165) is 35.0 Å². The number of H-pyrrole nitrogens is 1. The van der Waals surface area contributed by atoms with Crippen LogP contribution in [-0.4, -0.2) is 33.9 Å². The predicted octanol–water partition coefficient (Wildman–Crippen LogP) is 2.40. The molecule has 3 N–H and O–H groups in total. The molecule has 1 heterocycles. The summed E-state index contributed by atoms with van der Waals surface area (Å²) in [5.74, 6) is -2.95. The Bertz CT molecular complexity index is 1140. The number of rotatable bonds is 7. The van der Waals surface area contributed by atoms with Crippen LogP contribution in [0.25, 0.3) is 5.69 Å². The average molecular weight is 417 g/mol. The molecule has 0 fully saturated rings. The van der Waals surface area contributed by atoms with Crippen LogP contribution >= 0.6 is 0 Å². The van der Waals surface area contributed by atoms with Crippen LogP contribution in [0, 0.1) is 11.6 Å². The lowest BCUT2D eigenvalue weighted by molar-refractivity contribution is -0.137. The first kappa shape index (κ1) is 20.8. The van der Waals surface area contributed by atoms with Crippen LogP contribution in [0.2, 0.25) is 0 Å². The maximum absolute atomic E-state index is 13.7. The molecule has 0 spiro atoms. The van der Waals surface area contributed by atoms with Crippen LogP contribution in [0.15, 0.2) is 53.3 Å². The molecule has 8 nitrogen and oxygen atoms in total. The van der Waals surface area contributed by atoms with Crippen LogP contribution in [0.3, 0.4) is 0 Å². The van der Waals surface area contributed by atoms with Crippen molar-refractivity contribution in [2.45, 2.75) is 12.5 Å². The van der Waals surface area contributed by atoms with E-state index in [4.69, 9.17) is 4.74 Å². The van der Waals surface area contributed by atoms with Gasteiger partial charge in [-0.15, -0.1) is 0 Å². The molecule has 0 saturated carbocycles. The molecular formula is C20H17F2N3O5. The monoisotopic (exact) mass is 417 g/mol. The lowest BCUT2D eigenvalue weighted by Gasteiger charge is -2.19. The highest BCUT2D eigenvalue weighted by Crippen LogP contribution is 2.28. The number of carboxylic acid groups (broad SMARTS) is 1. The van der Waals surface area contributed by atoms with Gasteiger partial charge in [-0.3, -0.25) is 19.5 Å². The summed E-state index contributed by atoms with van der Waals surface area (Å²) in [6.07, 6.45) is -0.547. The zero-order chi connectivity index (χ0) is 21.8. The molecule has 0 bridgehead atoms. The summed E-state index contributed by atoms with van der Waals surface area (Å²) >= 11 is 0. The number of aromatic amines is 1. The van der Waals surface area contributed by atoms with Crippen molar-refractivity contribution in [2.24, 2.45) is 0 Å². The molecule has 1 amide bonds. The fraction of sp³-hybridized carbons (Fsp3) is 0.150. The number of aromatic nitrogens is 2. The number of carboxylic acids is 1. The molecule has 156 valence electrons. The van der Waals surface area contributed by atoms with Crippen LogP contribution in [0.4, 0.5) is 8.78 Å². The minimum atomic E-state index is -1.23. The molecule has 1 unspecified atom stereocenters. The number of nitrogens with zero attached hydrogens (tertiary/aromatic N) is 1. The quantitative estimate of drug-likeness (QED) is 0.546. The summed E-state index contributed by atoms with van der Waals surface area (Å²) in [5, 5.41) is 14.3. The number of benzene rings is 2. The first-order chi connectivity index (χ1) is 14.3. The Kier molecular flexibility index (Phi) is 5.95. The largest absolute Gasteiger partial charge is 0.496 e. The van der Waals surface area contributed by atoms with Crippen LogP contribution in [-0.2, 0) is 4.79 Å². The molecular weight excluding hydrogens is 400 g/mol.